The highest BCUT2D eigenvalue weighted by Crippen LogP contribution is 2.25. The van der Waals surface area contributed by atoms with Crippen LogP contribution in [0.5, 0.6) is 0 Å². The molecule has 4 aromatic rings. The molecule has 4 N–H and O–H groups in total. The van der Waals surface area contributed by atoms with Crippen LogP contribution in [0.3, 0.4) is 0 Å². The molecule has 0 spiro atoms. The van der Waals surface area contributed by atoms with Crippen LogP contribution in [-0.4, -0.2) is 19.7 Å². The molecule has 0 fully saturated rings. The second-order valence-electron chi connectivity index (χ2n) is 5.58. The predicted molar refractivity (Wildman–Crippen MR) is 100 cm³/mol. The smallest absolute Gasteiger partial charge is 0.149 e. The maximum atomic E-state index is 13.2. The van der Waals surface area contributed by atoms with E-state index in [1.54, 1.807) is 30.5 Å². The number of hydrogen-bond donors (Lipinski definition) is 3. The molecule has 0 amide bonds. The molecule has 0 aliphatic rings. The molecule has 0 aliphatic carbocycles. The number of anilines is 2. The Morgan fingerprint density at radius 3 is 2.58 bits per heavy atom. The lowest BCUT2D eigenvalue weighted by atomic mass is 10.2. The molecule has 7 heteroatoms. The van der Waals surface area contributed by atoms with E-state index in [1.165, 1.54) is 12.1 Å². The summed E-state index contributed by atoms with van der Waals surface area (Å²) in [7, 11) is 1.90. The van der Waals surface area contributed by atoms with E-state index in [0.29, 0.717) is 11.5 Å². The second-order valence-corrected chi connectivity index (χ2v) is 5.58. The average Bonchev–Trinajstić information content (AvgIpc) is 2.99. The average molecular weight is 351 g/mol. The number of benzene rings is 2. The van der Waals surface area contributed by atoms with Crippen LogP contribution in [0.4, 0.5) is 15.9 Å². The Hall–Kier alpha value is -3.45. The molecule has 0 unspecified atom stereocenters. The van der Waals surface area contributed by atoms with E-state index >= 15 is 0 Å². The summed E-state index contributed by atoms with van der Waals surface area (Å²) in [6.45, 7) is 0. The van der Waals surface area contributed by atoms with E-state index in [-0.39, 0.29) is 5.82 Å². The lowest BCUT2D eigenvalue weighted by molar-refractivity contribution is 0.386. The number of imidazole rings is 1. The van der Waals surface area contributed by atoms with Crippen LogP contribution >= 0.6 is 0 Å². The van der Waals surface area contributed by atoms with Crippen LogP contribution in [0.2, 0.25) is 0 Å². The van der Waals surface area contributed by atoms with E-state index in [4.69, 9.17) is 10.9 Å². The molecule has 0 saturated carbocycles. The number of nitrogens with two attached hydrogens (primary N) is 1. The largest absolute Gasteiger partial charge is 0.399 e. The molecule has 0 saturated heterocycles. The van der Waals surface area contributed by atoms with Gasteiger partial charge >= 0.3 is 0 Å². The Morgan fingerprint density at radius 1 is 1.08 bits per heavy atom. The quantitative estimate of drug-likeness (QED) is 0.377. The maximum absolute atomic E-state index is 13.2. The van der Waals surface area contributed by atoms with E-state index in [2.05, 4.69) is 9.97 Å². The zero-order chi connectivity index (χ0) is 18.5. The summed E-state index contributed by atoms with van der Waals surface area (Å²) in [6.07, 6.45) is 1.60. The van der Waals surface area contributed by atoms with Crippen molar-refractivity contribution in [3.8, 4) is 11.4 Å². The summed E-state index contributed by atoms with van der Waals surface area (Å²) in [5.74, 6) is 0.932. The van der Waals surface area contributed by atoms with Crippen LogP contribution in [0.25, 0.3) is 22.4 Å². The van der Waals surface area contributed by atoms with Crippen molar-refractivity contribution in [1.82, 2.24) is 14.5 Å². The van der Waals surface area contributed by atoms with E-state index in [0.717, 1.165) is 22.4 Å². The summed E-state index contributed by atoms with van der Waals surface area (Å²) >= 11 is 0. The van der Waals surface area contributed by atoms with Gasteiger partial charge in [0, 0.05) is 24.5 Å². The molecular weight excluding hydrogens is 333 g/mol. The monoisotopic (exact) mass is 351 g/mol. The van der Waals surface area contributed by atoms with Gasteiger partial charge in [-0.15, -0.1) is 0 Å². The standard InChI is InChI=1S/C14H12FN3.C5H6N2O/c1-18-13-8-11(16)5-6-12(13)17-14(18)9-3-2-4-10(15)7-9;8-7-5-3-1-2-4-6-5/h2-8H,16H2,1H3;1-4,8H,(H,6,7). The van der Waals surface area contributed by atoms with Crippen LogP contribution in [0, 0.1) is 5.82 Å². The number of aromatic nitrogens is 3. The first-order chi connectivity index (χ1) is 12.6. The molecule has 6 nitrogen and oxygen atoms in total. The van der Waals surface area contributed by atoms with Gasteiger partial charge in [0.15, 0.2) is 0 Å². The number of fused-ring (bicyclic) bond motifs is 1. The normalized spacial score (nSPS) is 10.3. The van der Waals surface area contributed by atoms with Crippen LogP contribution in [0.15, 0.2) is 66.9 Å². The van der Waals surface area contributed by atoms with Gasteiger partial charge in [0.05, 0.1) is 11.0 Å². The van der Waals surface area contributed by atoms with Crippen molar-refractivity contribution in [3.05, 3.63) is 72.7 Å². The molecule has 0 bridgehead atoms. The summed E-state index contributed by atoms with van der Waals surface area (Å²) in [4.78, 5) is 8.24. The highest BCUT2D eigenvalue weighted by molar-refractivity contribution is 5.83. The van der Waals surface area contributed by atoms with Crippen LogP contribution in [-0.2, 0) is 7.05 Å². The number of pyridine rings is 1. The minimum atomic E-state index is -0.265. The minimum absolute atomic E-state index is 0.265. The Kier molecular flexibility index (Phi) is 5.09. The topological polar surface area (TPSA) is 89.0 Å². The van der Waals surface area contributed by atoms with Crippen LogP contribution < -0.4 is 11.2 Å². The molecule has 2 aromatic heterocycles. The van der Waals surface area contributed by atoms with Gasteiger partial charge in [-0.1, -0.05) is 18.2 Å². The number of nitrogens with one attached hydrogen (secondary N) is 1. The molecule has 132 valence electrons. The van der Waals surface area contributed by atoms with Crippen molar-refractivity contribution in [2.45, 2.75) is 0 Å². The first kappa shape index (κ1) is 17.4. The van der Waals surface area contributed by atoms with Gasteiger partial charge in [0.25, 0.3) is 0 Å². The number of hydrogen-bond acceptors (Lipinski definition) is 5. The van der Waals surface area contributed by atoms with Gasteiger partial charge in [-0.2, -0.15) is 0 Å². The maximum Gasteiger partial charge on any atom is 0.149 e. The highest BCUT2D eigenvalue weighted by atomic mass is 19.1. The summed E-state index contributed by atoms with van der Waals surface area (Å²) in [5.41, 5.74) is 10.9. The molecule has 4 rings (SSSR count). The fourth-order valence-corrected chi connectivity index (χ4v) is 2.52. The molecular formula is C19H18FN5O. The second kappa shape index (κ2) is 7.62. The third-order valence-corrected chi connectivity index (χ3v) is 3.77. The van der Waals surface area contributed by atoms with Gasteiger partial charge < -0.3 is 10.3 Å². The van der Waals surface area contributed by atoms with Crippen molar-refractivity contribution >= 4 is 22.5 Å². The summed E-state index contributed by atoms with van der Waals surface area (Å²) < 4.78 is 15.2. The van der Waals surface area contributed by atoms with E-state index < -0.39 is 0 Å². The van der Waals surface area contributed by atoms with Crippen molar-refractivity contribution in [3.63, 3.8) is 0 Å². The minimum Gasteiger partial charge on any atom is -0.399 e. The number of nitrogen functional groups attached to an aromatic ring is 1. The zero-order valence-electron chi connectivity index (χ0n) is 14.1. The fraction of sp³-hybridized carbons (Fsp3) is 0.0526. The molecule has 0 radical (unpaired) electrons. The van der Waals surface area contributed by atoms with Gasteiger partial charge in [-0.25, -0.2) is 14.4 Å². The Morgan fingerprint density at radius 2 is 1.92 bits per heavy atom. The molecule has 2 heterocycles. The van der Waals surface area contributed by atoms with Crippen LogP contribution in [0.1, 0.15) is 0 Å². The Balaban J connectivity index is 0.000000206. The van der Waals surface area contributed by atoms with Crippen molar-refractivity contribution in [1.29, 1.82) is 0 Å². The first-order valence-electron chi connectivity index (χ1n) is 7.87. The van der Waals surface area contributed by atoms with Crippen molar-refractivity contribution < 1.29 is 9.60 Å². The van der Waals surface area contributed by atoms with Gasteiger partial charge in [-0.3, -0.25) is 10.7 Å². The molecule has 0 atom stereocenters. The third kappa shape index (κ3) is 3.79. The van der Waals surface area contributed by atoms with E-state index in [9.17, 15) is 4.39 Å². The summed E-state index contributed by atoms with van der Waals surface area (Å²) in [5, 5.41) is 8.23. The Labute approximate surface area is 149 Å². The fourth-order valence-electron chi connectivity index (χ4n) is 2.52. The van der Waals surface area contributed by atoms with Gasteiger partial charge in [0.2, 0.25) is 0 Å². The zero-order valence-corrected chi connectivity index (χ0v) is 14.1. The lowest BCUT2D eigenvalue weighted by Crippen LogP contribution is -1.93. The van der Waals surface area contributed by atoms with E-state index in [1.807, 2.05) is 41.4 Å². The summed E-state index contributed by atoms with van der Waals surface area (Å²) in [6, 6.07) is 17.2. The SMILES string of the molecule is Cn1c(-c2cccc(F)c2)nc2ccc(N)cc21.ONc1ccccn1. The molecule has 26 heavy (non-hydrogen) atoms. The predicted octanol–water partition coefficient (Wildman–Crippen LogP) is 3.84. The first-order valence-corrected chi connectivity index (χ1v) is 7.87. The number of rotatable bonds is 2. The van der Waals surface area contributed by atoms with Gasteiger partial charge in [0.1, 0.15) is 17.5 Å². The number of halogens is 1. The van der Waals surface area contributed by atoms with Crippen molar-refractivity contribution in [2.75, 3.05) is 11.2 Å². The highest BCUT2D eigenvalue weighted by Gasteiger charge is 2.10. The van der Waals surface area contributed by atoms with Crippen molar-refractivity contribution in [2.24, 2.45) is 7.05 Å². The molecule has 2 aromatic carbocycles. The number of aryl methyl sites for hydroxylation is 1. The van der Waals surface area contributed by atoms with Gasteiger partial charge in [-0.05, 0) is 42.5 Å². The Bertz CT molecular complexity index is 1020. The lowest BCUT2D eigenvalue weighted by Gasteiger charge is -2.02. The third-order valence-electron chi connectivity index (χ3n) is 3.77. The number of nitrogens with zero attached hydrogens (tertiary/aromatic N) is 3. The molecule has 0 aliphatic heterocycles.